The van der Waals surface area contributed by atoms with Crippen LogP contribution in [0.5, 0.6) is 0 Å². The zero-order valence-corrected chi connectivity index (χ0v) is 21.0. The second kappa shape index (κ2) is 9.71. The largest absolute Gasteiger partial charge is 0.543 e. The van der Waals surface area contributed by atoms with Gasteiger partial charge in [-0.25, -0.2) is 4.98 Å². The summed E-state index contributed by atoms with van der Waals surface area (Å²) >= 11 is 2.47. The molecule has 1 saturated heterocycles. The van der Waals surface area contributed by atoms with Crippen LogP contribution in [0.25, 0.3) is 10.9 Å². The highest BCUT2D eigenvalue weighted by Gasteiger charge is 2.53. The Kier molecular flexibility index (Phi) is 6.43. The van der Waals surface area contributed by atoms with E-state index in [0.29, 0.717) is 17.0 Å². The van der Waals surface area contributed by atoms with Gasteiger partial charge in [0.25, 0.3) is 11.8 Å². The molecule has 0 radical (unpaired) electrons. The van der Waals surface area contributed by atoms with Crippen molar-refractivity contribution < 1.29 is 28.9 Å². The van der Waals surface area contributed by atoms with Crippen LogP contribution in [0, 0.1) is 0 Å². The molecule has 2 aromatic heterocycles. The molecule has 2 aliphatic rings. The zero-order chi connectivity index (χ0) is 26.3. The molecule has 1 aromatic carbocycles. The summed E-state index contributed by atoms with van der Waals surface area (Å²) in [4.78, 5) is 48.1. The van der Waals surface area contributed by atoms with Gasteiger partial charge in [0.05, 0.1) is 22.7 Å². The zero-order valence-electron chi connectivity index (χ0n) is 19.4. The van der Waals surface area contributed by atoms with Gasteiger partial charge in [-0.3, -0.25) is 14.5 Å². The van der Waals surface area contributed by atoms with Crippen LogP contribution in [0.1, 0.15) is 5.69 Å². The van der Waals surface area contributed by atoms with E-state index in [1.807, 2.05) is 28.8 Å². The summed E-state index contributed by atoms with van der Waals surface area (Å²) in [6.45, 7) is 0.223. The van der Waals surface area contributed by atoms with Crippen molar-refractivity contribution in [2.75, 3.05) is 24.3 Å². The number of carbonyl (C=O) groups excluding carboxylic acids is 3. The van der Waals surface area contributed by atoms with E-state index < -0.39 is 29.2 Å². The van der Waals surface area contributed by atoms with E-state index >= 15 is 0 Å². The average Bonchev–Trinajstić information content (AvgIpc) is 3.32. The summed E-state index contributed by atoms with van der Waals surface area (Å²) in [6, 6.07) is 8.29. The van der Waals surface area contributed by atoms with Gasteiger partial charge in [0, 0.05) is 28.8 Å². The summed E-state index contributed by atoms with van der Waals surface area (Å²) in [5, 5.41) is 20.5. The number of carboxylic acids is 1. The van der Waals surface area contributed by atoms with E-state index in [1.165, 1.54) is 18.9 Å². The number of carboxylic acid groups (broad SMARTS) is 1. The number of rotatable bonds is 7. The predicted molar refractivity (Wildman–Crippen MR) is 136 cm³/mol. The fraction of sp³-hybridized carbons (Fsp3) is 0.217. The lowest BCUT2D eigenvalue weighted by Crippen LogP contribution is -2.71. The molecule has 190 valence electrons. The van der Waals surface area contributed by atoms with E-state index in [0.717, 1.165) is 27.1 Å². The van der Waals surface area contributed by atoms with Crippen molar-refractivity contribution in [2.45, 2.75) is 18.0 Å². The van der Waals surface area contributed by atoms with Crippen LogP contribution in [0.4, 0.5) is 10.8 Å². The molecule has 5 N–H and O–H groups in total. The number of nitrogens with one attached hydrogen (secondary N) is 1. The minimum Gasteiger partial charge on any atom is -0.543 e. The quantitative estimate of drug-likeness (QED) is 0.150. The second-order valence-electron chi connectivity index (χ2n) is 8.21. The number of oxime groups is 1. The molecular formula is C23H21N7O5S2. The fourth-order valence-corrected chi connectivity index (χ4v) is 6.23. The molecule has 0 aliphatic carbocycles. The van der Waals surface area contributed by atoms with Crippen molar-refractivity contribution in [1.29, 1.82) is 0 Å². The number of aromatic nitrogens is 2. The van der Waals surface area contributed by atoms with Gasteiger partial charge in [-0.1, -0.05) is 17.3 Å². The first kappa shape index (κ1) is 24.5. The highest BCUT2D eigenvalue weighted by Crippen LogP contribution is 2.40. The van der Waals surface area contributed by atoms with Gasteiger partial charge in [0.1, 0.15) is 24.2 Å². The lowest BCUT2D eigenvalue weighted by Gasteiger charge is -2.50. The fourth-order valence-electron chi connectivity index (χ4n) is 4.35. The number of carbonyl (C=O) groups is 3. The standard InChI is InChI=1S/C23H21N7O5S2/c1-35-28-16(14-10-37-23(25)26-14)19(31)27-17-20(32)30-18(22(33)34)11(9-36-21(17)30)8-29-7-6-13(24)12-4-2-3-5-15(12)29/h2-7,10,17,21,24H,8-9H2,1H3,(H4,25,26,27,31,33,34)/t17?,21-/m0/s1. The smallest absolute Gasteiger partial charge is 0.276 e. The van der Waals surface area contributed by atoms with Gasteiger partial charge in [0.2, 0.25) is 5.52 Å². The molecule has 1 unspecified atom stereocenters. The molecule has 2 atom stereocenters. The number of nitrogens with zero attached hydrogens (tertiary/aromatic N) is 4. The van der Waals surface area contributed by atoms with Crippen LogP contribution in [0.2, 0.25) is 0 Å². The molecular weight excluding hydrogens is 518 g/mol. The maximum atomic E-state index is 13.1. The molecule has 1 fully saturated rings. The number of thioether (sulfide) groups is 1. The molecule has 12 nitrogen and oxygen atoms in total. The summed E-state index contributed by atoms with van der Waals surface area (Å²) in [5.74, 6) is -2.40. The number of thiazole rings is 1. The third-order valence-electron chi connectivity index (χ3n) is 6.01. The first-order chi connectivity index (χ1) is 17.8. The van der Waals surface area contributed by atoms with Crippen molar-refractivity contribution in [3.8, 4) is 0 Å². The number of hydrogen-bond donors (Lipinski definition) is 3. The first-order valence-corrected chi connectivity index (χ1v) is 12.9. The normalized spacial score (nSPS) is 19.4. The minimum atomic E-state index is -1.46. The number of anilines is 2. The topological polar surface area (TPSA) is 180 Å². The summed E-state index contributed by atoms with van der Waals surface area (Å²) in [7, 11) is 1.27. The highest BCUT2D eigenvalue weighted by molar-refractivity contribution is 8.00. The van der Waals surface area contributed by atoms with E-state index in [-0.39, 0.29) is 28.8 Å². The molecule has 4 heterocycles. The number of β-lactam (4-membered cyclic amide) rings is 1. The molecule has 2 aliphatic heterocycles. The Bertz CT molecular complexity index is 1500. The number of benzene rings is 1. The molecule has 2 amide bonds. The Labute approximate surface area is 218 Å². The van der Waals surface area contributed by atoms with Crippen molar-refractivity contribution in [1.82, 2.24) is 15.2 Å². The minimum absolute atomic E-state index is 0.148. The van der Waals surface area contributed by atoms with Crippen LogP contribution in [0.15, 0.2) is 58.3 Å². The van der Waals surface area contributed by atoms with Crippen LogP contribution in [0.3, 0.4) is 0 Å². The van der Waals surface area contributed by atoms with E-state index in [9.17, 15) is 19.5 Å². The summed E-state index contributed by atoms with van der Waals surface area (Å²) in [6.07, 6.45) is 1.77. The number of pyridine rings is 1. The highest BCUT2D eigenvalue weighted by atomic mass is 32.2. The molecule has 0 bridgehead atoms. The molecule has 0 spiro atoms. The van der Waals surface area contributed by atoms with Crippen molar-refractivity contribution in [2.24, 2.45) is 5.16 Å². The average molecular weight is 540 g/mol. The van der Waals surface area contributed by atoms with Gasteiger partial charge in [-0.05, 0) is 6.07 Å². The Hall–Kier alpha value is -4.17. The van der Waals surface area contributed by atoms with Gasteiger partial charge >= 0.3 is 0 Å². The van der Waals surface area contributed by atoms with Crippen molar-refractivity contribution in [3.63, 3.8) is 0 Å². The van der Waals surface area contributed by atoms with Crippen LogP contribution in [-0.4, -0.2) is 57.7 Å². The van der Waals surface area contributed by atoms with Crippen molar-refractivity contribution >= 4 is 68.3 Å². The maximum absolute atomic E-state index is 13.1. The number of para-hydroxylation sites is 1. The van der Waals surface area contributed by atoms with Gasteiger partial charge < -0.3 is 31.5 Å². The monoisotopic (exact) mass is 539 g/mol. The first-order valence-electron chi connectivity index (χ1n) is 11.0. The third kappa shape index (κ3) is 4.34. The lowest BCUT2D eigenvalue weighted by atomic mass is 10.0. The SMILES string of the molecule is CON=C(C(=O)NC1C(=O)N2C(C(=O)[O-])=C(C[n+]3ccc(N)c4ccccc43)CS[C@@H]12)c1csc(N)n1. The predicted octanol–water partition coefficient (Wildman–Crippen LogP) is -0.797. The van der Waals surface area contributed by atoms with E-state index in [4.69, 9.17) is 16.3 Å². The van der Waals surface area contributed by atoms with Gasteiger partial charge in [-0.15, -0.1) is 23.1 Å². The van der Waals surface area contributed by atoms with Crippen molar-refractivity contribution in [3.05, 3.63) is 58.9 Å². The number of nitrogen functional groups attached to an aromatic ring is 2. The van der Waals surface area contributed by atoms with E-state index in [1.54, 1.807) is 17.6 Å². The van der Waals surface area contributed by atoms with Gasteiger partial charge in [0.15, 0.2) is 23.6 Å². The van der Waals surface area contributed by atoms with Crippen LogP contribution >= 0.6 is 23.1 Å². The molecule has 14 heteroatoms. The van der Waals surface area contributed by atoms with Crippen LogP contribution in [-0.2, 0) is 25.8 Å². The second-order valence-corrected chi connectivity index (χ2v) is 10.2. The summed E-state index contributed by atoms with van der Waals surface area (Å²) in [5.41, 5.74) is 13.5. The Balaban J connectivity index is 1.39. The van der Waals surface area contributed by atoms with Crippen LogP contribution < -0.4 is 26.5 Å². The number of hydrogen-bond acceptors (Lipinski definition) is 11. The molecule has 37 heavy (non-hydrogen) atoms. The molecule has 0 saturated carbocycles. The number of aliphatic carboxylic acids is 1. The lowest BCUT2D eigenvalue weighted by molar-refractivity contribution is -0.663. The Morgan fingerprint density at radius 2 is 2.11 bits per heavy atom. The summed E-state index contributed by atoms with van der Waals surface area (Å²) < 4.78 is 1.88. The number of fused-ring (bicyclic) bond motifs is 2. The molecule has 5 rings (SSSR count). The maximum Gasteiger partial charge on any atom is 0.276 e. The number of amides is 2. The Morgan fingerprint density at radius 3 is 2.81 bits per heavy atom. The van der Waals surface area contributed by atoms with E-state index in [2.05, 4.69) is 15.5 Å². The molecule has 3 aromatic rings. The Morgan fingerprint density at radius 1 is 1.32 bits per heavy atom. The number of nitrogens with two attached hydrogens (primary N) is 2. The van der Waals surface area contributed by atoms with Gasteiger partial charge in [-0.2, -0.15) is 4.57 Å². The third-order valence-corrected chi connectivity index (χ3v) is 8.02.